The molecule has 0 fully saturated rings. The van der Waals surface area contributed by atoms with Crippen molar-refractivity contribution >= 4 is 16.6 Å². The average molecular weight is 291 g/mol. The minimum absolute atomic E-state index is 0.0657. The van der Waals surface area contributed by atoms with Gasteiger partial charge >= 0.3 is 0 Å². The molecule has 3 aromatic rings. The zero-order valence-electron chi connectivity index (χ0n) is 11.4. The quantitative estimate of drug-likeness (QED) is 0.745. The molecule has 0 saturated carbocycles. The maximum absolute atomic E-state index is 11.2. The highest BCUT2D eigenvalue weighted by Gasteiger charge is 2.20. The first kappa shape index (κ1) is 13.9. The van der Waals surface area contributed by atoms with E-state index in [2.05, 4.69) is 16.0 Å². The normalized spacial score (nSPS) is 11.9. The lowest BCUT2D eigenvalue weighted by Crippen LogP contribution is -2.14. The van der Waals surface area contributed by atoms with Crippen LogP contribution in [0.25, 0.3) is 10.9 Å². The van der Waals surface area contributed by atoms with Crippen molar-refractivity contribution in [1.29, 1.82) is 5.26 Å². The summed E-state index contributed by atoms with van der Waals surface area (Å²) in [6, 6.07) is 16.1. The van der Waals surface area contributed by atoms with E-state index in [9.17, 15) is 15.7 Å². The molecule has 0 spiro atoms. The number of nitriles is 1. The van der Waals surface area contributed by atoms with Gasteiger partial charge in [0, 0.05) is 11.6 Å². The van der Waals surface area contributed by atoms with Crippen molar-refractivity contribution in [2.24, 2.45) is 0 Å². The second-order valence-corrected chi connectivity index (χ2v) is 4.67. The van der Waals surface area contributed by atoms with Gasteiger partial charge < -0.3 is 10.4 Å². The van der Waals surface area contributed by atoms with Crippen molar-refractivity contribution in [3.8, 4) is 6.07 Å². The maximum atomic E-state index is 11.2. The average Bonchev–Trinajstić information content (AvgIpc) is 2.56. The molecule has 0 bridgehead atoms. The van der Waals surface area contributed by atoms with Crippen LogP contribution in [-0.2, 0) is 0 Å². The lowest BCUT2D eigenvalue weighted by atomic mass is 9.99. The number of fused-ring (bicyclic) bond motifs is 1. The molecule has 22 heavy (non-hydrogen) atoms. The zero-order valence-corrected chi connectivity index (χ0v) is 11.4. The van der Waals surface area contributed by atoms with Gasteiger partial charge in [0.2, 0.25) is 0 Å². The Morgan fingerprint density at radius 2 is 1.95 bits per heavy atom. The molecule has 0 saturated heterocycles. The second-order valence-electron chi connectivity index (χ2n) is 4.67. The van der Waals surface area contributed by atoms with Gasteiger partial charge in [-0.3, -0.25) is 15.2 Å². The van der Waals surface area contributed by atoms with E-state index < -0.39 is 5.92 Å². The fraction of sp³-hybridized carbons (Fsp3) is 0.0625. The second kappa shape index (κ2) is 5.77. The van der Waals surface area contributed by atoms with Crippen LogP contribution in [0.15, 0.2) is 54.7 Å². The molecule has 1 N–H and O–H groups in total. The molecule has 2 aromatic heterocycles. The first-order valence-electron chi connectivity index (χ1n) is 6.57. The number of hydrogen-bond acceptors (Lipinski definition) is 6. The van der Waals surface area contributed by atoms with E-state index in [0.717, 1.165) is 10.9 Å². The van der Waals surface area contributed by atoms with Crippen molar-refractivity contribution in [2.75, 3.05) is 5.23 Å². The summed E-state index contributed by atoms with van der Waals surface area (Å²) in [6.45, 7) is 0. The van der Waals surface area contributed by atoms with Gasteiger partial charge in [-0.1, -0.05) is 24.3 Å². The monoisotopic (exact) mass is 291 g/mol. The van der Waals surface area contributed by atoms with Crippen LogP contribution in [0.1, 0.15) is 17.3 Å². The minimum Gasteiger partial charge on any atom is -0.733 e. The summed E-state index contributed by atoms with van der Waals surface area (Å²) in [6.07, 6.45) is 1.47. The highest BCUT2D eigenvalue weighted by molar-refractivity contribution is 5.78. The molecule has 0 amide bonds. The van der Waals surface area contributed by atoms with E-state index >= 15 is 0 Å². The van der Waals surface area contributed by atoms with Gasteiger partial charge in [-0.05, 0) is 24.3 Å². The number of rotatable bonds is 3. The molecule has 0 aliphatic carbocycles. The Kier molecular flexibility index (Phi) is 3.66. The fourth-order valence-electron chi connectivity index (χ4n) is 2.30. The number of para-hydroxylation sites is 1. The smallest absolute Gasteiger partial charge is 0.132 e. The molecule has 6 nitrogen and oxygen atoms in total. The maximum Gasteiger partial charge on any atom is 0.132 e. The van der Waals surface area contributed by atoms with Crippen LogP contribution in [0.2, 0.25) is 0 Å². The SMILES string of the molecule is N#C[C@@H](c1ccc2ccccc2n1)c1ncccc1N([O-])O. The Morgan fingerprint density at radius 3 is 2.73 bits per heavy atom. The number of hydrogen-bond donors (Lipinski definition) is 1. The summed E-state index contributed by atoms with van der Waals surface area (Å²) < 4.78 is 0. The van der Waals surface area contributed by atoms with Gasteiger partial charge in [0.25, 0.3) is 0 Å². The van der Waals surface area contributed by atoms with Crippen LogP contribution in [0, 0.1) is 16.5 Å². The third-order valence-electron chi connectivity index (χ3n) is 3.34. The van der Waals surface area contributed by atoms with Gasteiger partial charge in [-0.2, -0.15) is 5.26 Å². The molecule has 3 rings (SSSR count). The number of nitrogens with zero attached hydrogens (tertiary/aromatic N) is 4. The van der Waals surface area contributed by atoms with Gasteiger partial charge in [0.15, 0.2) is 0 Å². The van der Waals surface area contributed by atoms with Gasteiger partial charge in [-0.25, -0.2) is 0 Å². The number of anilines is 1. The van der Waals surface area contributed by atoms with Gasteiger partial charge in [-0.15, -0.1) is 0 Å². The van der Waals surface area contributed by atoms with Crippen molar-refractivity contribution in [1.82, 2.24) is 9.97 Å². The van der Waals surface area contributed by atoms with E-state index in [4.69, 9.17) is 0 Å². The number of benzene rings is 1. The van der Waals surface area contributed by atoms with E-state index in [0.29, 0.717) is 5.69 Å². The van der Waals surface area contributed by atoms with E-state index in [-0.39, 0.29) is 16.6 Å². The minimum atomic E-state index is -0.843. The Balaban J connectivity index is 2.13. The Labute approximate surface area is 126 Å². The Morgan fingerprint density at radius 1 is 1.14 bits per heavy atom. The molecule has 108 valence electrons. The lowest BCUT2D eigenvalue weighted by molar-refractivity contribution is 0.295. The molecule has 1 aromatic carbocycles. The standard InChI is InChI=1S/C16H11N4O2/c17-10-12(16-15(20(21)22)6-3-9-18-16)14-8-7-11-4-1-2-5-13(11)19-14/h1-9,12,21H/q-1/t12-/m0/s1. The third kappa shape index (κ3) is 2.46. The first-order valence-corrected chi connectivity index (χ1v) is 6.57. The van der Waals surface area contributed by atoms with Gasteiger partial charge in [0.1, 0.15) is 5.92 Å². The predicted molar refractivity (Wildman–Crippen MR) is 81.1 cm³/mol. The van der Waals surface area contributed by atoms with E-state index in [1.54, 1.807) is 6.07 Å². The topological polar surface area (TPSA) is 96.1 Å². The molecular formula is C16H11N4O2-. The zero-order chi connectivity index (χ0) is 15.5. The lowest BCUT2D eigenvalue weighted by Gasteiger charge is -2.25. The molecule has 0 aliphatic rings. The van der Waals surface area contributed by atoms with Gasteiger partial charge in [0.05, 0.1) is 28.7 Å². The fourth-order valence-corrected chi connectivity index (χ4v) is 2.30. The number of pyridine rings is 2. The van der Waals surface area contributed by atoms with Crippen molar-refractivity contribution in [3.05, 3.63) is 71.3 Å². The summed E-state index contributed by atoms with van der Waals surface area (Å²) in [5.74, 6) is -0.843. The van der Waals surface area contributed by atoms with Crippen LogP contribution in [-0.4, -0.2) is 15.2 Å². The van der Waals surface area contributed by atoms with E-state index in [1.807, 2.05) is 30.3 Å². The van der Waals surface area contributed by atoms with E-state index in [1.165, 1.54) is 18.3 Å². The third-order valence-corrected chi connectivity index (χ3v) is 3.34. The number of aromatic nitrogens is 2. The Hall–Kier alpha value is -3.01. The Bertz CT molecular complexity index is 858. The van der Waals surface area contributed by atoms with Crippen LogP contribution in [0.3, 0.4) is 0 Å². The van der Waals surface area contributed by atoms with Crippen LogP contribution < -0.4 is 5.23 Å². The summed E-state index contributed by atoms with van der Waals surface area (Å²) in [4.78, 5) is 8.52. The van der Waals surface area contributed by atoms with Crippen molar-refractivity contribution in [2.45, 2.75) is 5.92 Å². The first-order chi connectivity index (χ1) is 10.7. The van der Waals surface area contributed by atoms with Crippen LogP contribution >= 0.6 is 0 Å². The summed E-state index contributed by atoms with van der Waals surface area (Å²) >= 11 is 0. The molecule has 0 unspecified atom stereocenters. The van der Waals surface area contributed by atoms with Crippen molar-refractivity contribution in [3.63, 3.8) is 0 Å². The molecule has 2 heterocycles. The largest absolute Gasteiger partial charge is 0.733 e. The molecule has 0 radical (unpaired) electrons. The van der Waals surface area contributed by atoms with Crippen LogP contribution in [0.4, 0.5) is 5.69 Å². The molecule has 0 aliphatic heterocycles. The molecular weight excluding hydrogens is 280 g/mol. The summed E-state index contributed by atoms with van der Waals surface area (Å²) in [5, 5.41) is 30.6. The van der Waals surface area contributed by atoms with Crippen LogP contribution in [0.5, 0.6) is 0 Å². The molecule has 1 atom stereocenters. The summed E-state index contributed by atoms with van der Waals surface area (Å²) in [7, 11) is 0. The molecule has 6 heteroatoms. The highest BCUT2D eigenvalue weighted by Crippen LogP contribution is 2.29. The summed E-state index contributed by atoms with van der Waals surface area (Å²) in [5.41, 5.74) is 1.33. The van der Waals surface area contributed by atoms with Crippen molar-refractivity contribution < 1.29 is 5.21 Å². The highest BCUT2D eigenvalue weighted by atomic mass is 16.8. The predicted octanol–water partition coefficient (Wildman–Crippen LogP) is 2.98.